The van der Waals surface area contributed by atoms with Crippen molar-refractivity contribution in [2.45, 2.75) is 6.92 Å². The Hall–Kier alpha value is -1.76. The summed E-state index contributed by atoms with van der Waals surface area (Å²) in [6.45, 7) is 2.00. The van der Waals surface area contributed by atoms with Gasteiger partial charge in [0.05, 0.1) is 1.37 Å². The molecule has 0 bridgehead atoms. The topological polar surface area (TPSA) is 12.0 Å². The summed E-state index contributed by atoms with van der Waals surface area (Å²) in [6.07, 6.45) is 0. The summed E-state index contributed by atoms with van der Waals surface area (Å²) < 4.78 is 7.48. The molecule has 2 rings (SSSR count). The summed E-state index contributed by atoms with van der Waals surface area (Å²) in [5.41, 5.74) is 3.21. The third-order valence-corrected chi connectivity index (χ3v) is 2.12. The number of benzene rings is 2. The highest BCUT2D eigenvalue weighted by Gasteiger charge is 1.95. The average Bonchev–Trinajstić information content (AvgIpc) is 2.24. The molecule has 1 heteroatoms. The van der Waals surface area contributed by atoms with E-state index in [2.05, 4.69) is 5.32 Å². The van der Waals surface area contributed by atoms with Gasteiger partial charge in [0, 0.05) is 11.4 Å². The van der Waals surface area contributed by atoms with Gasteiger partial charge in [-0.25, -0.2) is 0 Å². The third-order valence-electron chi connectivity index (χ3n) is 2.12. The van der Waals surface area contributed by atoms with Crippen LogP contribution < -0.4 is 5.32 Å². The van der Waals surface area contributed by atoms with Crippen LogP contribution in [0.4, 0.5) is 11.4 Å². The maximum atomic E-state index is 7.48. The van der Waals surface area contributed by atoms with Gasteiger partial charge in [0.25, 0.3) is 0 Å². The molecule has 0 aromatic heterocycles. The first-order valence-corrected chi connectivity index (χ1v) is 4.65. The molecule has 0 radical (unpaired) electrons. The van der Waals surface area contributed by atoms with Gasteiger partial charge in [0.2, 0.25) is 0 Å². The molecule has 2 aromatic carbocycles. The number of anilines is 2. The fraction of sp³-hybridized carbons (Fsp3) is 0.0769. The van der Waals surface area contributed by atoms with E-state index in [1.807, 2.05) is 49.4 Å². The van der Waals surface area contributed by atoms with Gasteiger partial charge < -0.3 is 5.32 Å². The SMILES string of the molecule is [2H]c1ccc(Nc2ccccc2)c(C)c1. The van der Waals surface area contributed by atoms with Crippen LogP contribution in [0.3, 0.4) is 0 Å². The first-order valence-electron chi connectivity index (χ1n) is 5.15. The second-order valence-corrected chi connectivity index (χ2v) is 3.23. The van der Waals surface area contributed by atoms with Gasteiger partial charge in [0.1, 0.15) is 0 Å². The van der Waals surface area contributed by atoms with E-state index in [-0.39, 0.29) is 0 Å². The van der Waals surface area contributed by atoms with Crippen molar-refractivity contribution in [2.24, 2.45) is 0 Å². The number of hydrogen-bond acceptors (Lipinski definition) is 1. The van der Waals surface area contributed by atoms with E-state index in [1.165, 1.54) is 0 Å². The summed E-state index contributed by atoms with van der Waals surface area (Å²) in [6, 6.07) is 16.2. The van der Waals surface area contributed by atoms with Crippen LogP contribution in [0, 0.1) is 6.92 Å². The molecule has 0 unspecified atom stereocenters. The molecule has 0 aliphatic carbocycles. The Morgan fingerprint density at radius 3 is 2.50 bits per heavy atom. The minimum Gasteiger partial charge on any atom is -0.355 e. The third kappa shape index (κ3) is 1.94. The van der Waals surface area contributed by atoms with E-state index >= 15 is 0 Å². The molecular weight excluding hydrogens is 170 g/mol. The van der Waals surface area contributed by atoms with Crippen LogP contribution in [0.1, 0.15) is 6.93 Å². The lowest BCUT2D eigenvalue weighted by Crippen LogP contribution is -1.91. The van der Waals surface area contributed by atoms with Crippen LogP contribution >= 0.6 is 0 Å². The predicted molar refractivity (Wildman–Crippen MR) is 60.9 cm³/mol. The molecule has 1 nitrogen and oxygen atoms in total. The number of aryl methyl sites for hydroxylation is 1. The van der Waals surface area contributed by atoms with Crippen molar-refractivity contribution in [3.63, 3.8) is 0 Å². The van der Waals surface area contributed by atoms with Gasteiger partial charge >= 0.3 is 0 Å². The smallest absolute Gasteiger partial charge is 0.0623 e. The Kier molecular flexibility index (Phi) is 2.16. The van der Waals surface area contributed by atoms with Crippen molar-refractivity contribution >= 4 is 11.4 Å². The van der Waals surface area contributed by atoms with E-state index < -0.39 is 0 Å². The van der Waals surface area contributed by atoms with Gasteiger partial charge in [-0.2, -0.15) is 0 Å². The molecule has 0 aliphatic rings. The van der Waals surface area contributed by atoms with Crippen molar-refractivity contribution < 1.29 is 1.37 Å². The predicted octanol–water partition coefficient (Wildman–Crippen LogP) is 3.74. The number of rotatable bonds is 2. The zero-order chi connectivity index (χ0) is 10.7. The van der Waals surface area contributed by atoms with E-state index in [9.17, 15) is 0 Å². The average molecular weight is 184 g/mol. The Morgan fingerprint density at radius 2 is 1.79 bits per heavy atom. The highest BCUT2D eigenvalue weighted by Crippen LogP contribution is 2.19. The number of para-hydroxylation sites is 2. The van der Waals surface area contributed by atoms with Crippen molar-refractivity contribution in [2.75, 3.05) is 5.32 Å². The zero-order valence-electron chi connectivity index (χ0n) is 9.12. The van der Waals surface area contributed by atoms with E-state index in [0.717, 1.165) is 16.9 Å². The van der Waals surface area contributed by atoms with Gasteiger partial charge in [-0.15, -0.1) is 0 Å². The van der Waals surface area contributed by atoms with Crippen LogP contribution in [0.25, 0.3) is 0 Å². The minimum atomic E-state index is 0.547. The Balaban J connectivity index is 2.25. The summed E-state index contributed by atoms with van der Waals surface area (Å²) >= 11 is 0. The highest BCUT2D eigenvalue weighted by atomic mass is 14.9. The summed E-state index contributed by atoms with van der Waals surface area (Å²) in [7, 11) is 0. The van der Waals surface area contributed by atoms with Gasteiger partial charge in [-0.1, -0.05) is 36.4 Å². The second-order valence-electron chi connectivity index (χ2n) is 3.23. The number of nitrogens with one attached hydrogen (secondary N) is 1. The monoisotopic (exact) mass is 184 g/mol. The lowest BCUT2D eigenvalue weighted by molar-refractivity contribution is 1.43. The molecule has 14 heavy (non-hydrogen) atoms. The molecule has 0 saturated carbocycles. The first-order chi connectivity index (χ1) is 7.25. The largest absolute Gasteiger partial charge is 0.355 e. The number of hydrogen-bond donors (Lipinski definition) is 1. The maximum Gasteiger partial charge on any atom is 0.0623 e. The van der Waals surface area contributed by atoms with Crippen molar-refractivity contribution in [1.29, 1.82) is 0 Å². The maximum absolute atomic E-state index is 7.48. The second kappa shape index (κ2) is 3.97. The van der Waals surface area contributed by atoms with Gasteiger partial charge in [0.15, 0.2) is 0 Å². The van der Waals surface area contributed by atoms with E-state index in [1.54, 1.807) is 6.07 Å². The van der Waals surface area contributed by atoms with Crippen molar-refractivity contribution in [3.05, 3.63) is 60.1 Å². The quantitative estimate of drug-likeness (QED) is 0.749. The molecule has 0 aliphatic heterocycles. The van der Waals surface area contributed by atoms with Crippen molar-refractivity contribution in [3.8, 4) is 0 Å². The first kappa shape index (κ1) is 7.63. The molecule has 2 aromatic rings. The van der Waals surface area contributed by atoms with Crippen LogP contribution in [0.2, 0.25) is 0 Å². The molecule has 0 amide bonds. The molecular formula is C13H13N. The molecule has 1 N–H and O–H groups in total. The Morgan fingerprint density at radius 1 is 1.00 bits per heavy atom. The van der Waals surface area contributed by atoms with Crippen molar-refractivity contribution in [1.82, 2.24) is 0 Å². The van der Waals surface area contributed by atoms with Gasteiger partial charge in [-0.3, -0.25) is 0 Å². The van der Waals surface area contributed by atoms with Gasteiger partial charge in [-0.05, 0) is 30.7 Å². The highest BCUT2D eigenvalue weighted by molar-refractivity contribution is 5.62. The van der Waals surface area contributed by atoms with Crippen LogP contribution in [-0.2, 0) is 0 Å². The Labute approximate surface area is 85.8 Å². The lowest BCUT2D eigenvalue weighted by Gasteiger charge is -2.08. The normalized spacial score (nSPS) is 10.8. The van der Waals surface area contributed by atoms with Crippen LogP contribution in [0.15, 0.2) is 54.6 Å². The van der Waals surface area contributed by atoms with Crippen LogP contribution in [0.5, 0.6) is 0 Å². The lowest BCUT2D eigenvalue weighted by atomic mass is 10.2. The molecule has 0 heterocycles. The molecule has 0 saturated heterocycles. The fourth-order valence-corrected chi connectivity index (χ4v) is 1.33. The van der Waals surface area contributed by atoms with E-state index in [0.29, 0.717) is 6.04 Å². The summed E-state index contributed by atoms with van der Waals surface area (Å²) in [5.74, 6) is 0. The zero-order valence-corrected chi connectivity index (χ0v) is 8.12. The van der Waals surface area contributed by atoms with E-state index in [4.69, 9.17) is 1.37 Å². The standard InChI is InChI=1S/C13H13N/c1-11-7-5-6-10-13(11)14-12-8-3-2-4-9-12/h2-10,14H,1H3/i5D. The molecule has 0 atom stereocenters. The fourth-order valence-electron chi connectivity index (χ4n) is 1.33. The summed E-state index contributed by atoms with van der Waals surface area (Å²) in [5, 5.41) is 3.32. The Bertz CT molecular complexity index is 451. The molecule has 70 valence electrons. The molecule has 0 spiro atoms. The van der Waals surface area contributed by atoms with Crippen LogP contribution in [-0.4, -0.2) is 0 Å². The minimum absolute atomic E-state index is 0.547. The summed E-state index contributed by atoms with van der Waals surface area (Å²) in [4.78, 5) is 0. The molecule has 0 fully saturated rings.